The average Bonchev–Trinajstić information content (AvgIpc) is 2.35. The summed E-state index contributed by atoms with van der Waals surface area (Å²) in [5.74, 6) is -1.21. The van der Waals surface area contributed by atoms with Gasteiger partial charge in [-0.15, -0.1) is 0 Å². The number of nitroso groups, excluding NO2 is 1. The van der Waals surface area contributed by atoms with Gasteiger partial charge in [0.1, 0.15) is 0 Å². The second-order valence-electron chi connectivity index (χ2n) is 3.84. The second kappa shape index (κ2) is 2.60. The molecule has 6 heteroatoms. The Hall–Kier alpha value is -1.82. The van der Waals surface area contributed by atoms with Crippen LogP contribution < -0.4 is 0 Å². The lowest BCUT2D eigenvalue weighted by Gasteiger charge is -2.32. The molecule has 0 unspecified atom stereocenters. The maximum absolute atomic E-state index is 11.6. The van der Waals surface area contributed by atoms with Gasteiger partial charge >= 0.3 is 5.70 Å². The summed E-state index contributed by atoms with van der Waals surface area (Å²) in [6.45, 7) is 2.71. The average molecular weight is 208 g/mol. The Balaban J connectivity index is 2.64. The van der Waals surface area contributed by atoms with Gasteiger partial charge in [-0.2, -0.15) is 0 Å². The van der Waals surface area contributed by atoms with E-state index in [1.807, 2.05) is 0 Å². The first-order valence-electron chi connectivity index (χ1n) is 4.33. The highest BCUT2D eigenvalue weighted by molar-refractivity contribution is 6.19. The van der Waals surface area contributed by atoms with Gasteiger partial charge in [-0.05, 0) is 12.2 Å². The Morgan fingerprint density at radius 2 is 1.80 bits per heavy atom. The smallest absolute Gasteiger partial charge is 0.332 e. The Labute approximate surface area is 85.0 Å². The van der Waals surface area contributed by atoms with E-state index >= 15 is 0 Å². The molecule has 0 aromatic carbocycles. The highest BCUT2D eigenvalue weighted by Crippen LogP contribution is 2.35. The van der Waals surface area contributed by atoms with Gasteiger partial charge in [0.2, 0.25) is 5.78 Å². The first-order chi connectivity index (χ1) is 6.87. The fraction of sp³-hybridized carbons (Fsp3) is 0.333. The minimum atomic E-state index is -1.44. The Morgan fingerprint density at radius 3 is 2.33 bits per heavy atom. The zero-order chi connectivity index (χ0) is 11.4. The number of carbonyl (C=O) groups excluding carboxylic acids is 2. The number of hydroxylamine groups is 2. The second-order valence-corrected chi connectivity index (χ2v) is 3.84. The molecule has 0 atom stereocenters. The molecule has 1 aliphatic carbocycles. The van der Waals surface area contributed by atoms with Gasteiger partial charge in [0, 0.05) is 18.8 Å². The van der Waals surface area contributed by atoms with Crippen molar-refractivity contribution in [1.82, 2.24) is 5.06 Å². The maximum Gasteiger partial charge on any atom is 0.332 e. The van der Waals surface area contributed by atoms with E-state index in [0.717, 1.165) is 12.2 Å². The predicted molar refractivity (Wildman–Crippen MR) is 49.1 cm³/mol. The molecule has 0 saturated heterocycles. The number of rotatable bonds is 0. The van der Waals surface area contributed by atoms with Crippen LogP contribution in [0.2, 0.25) is 0 Å². The molecule has 0 saturated carbocycles. The molecule has 1 heterocycles. The summed E-state index contributed by atoms with van der Waals surface area (Å²) in [7, 11) is 0. The van der Waals surface area contributed by atoms with Crippen LogP contribution in [0.5, 0.6) is 0 Å². The molecule has 6 nitrogen and oxygen atoms in total. The molecule has 2 rings (SSSR count). The van der Waals surface area contributed by atoms with Gasteiger partial charge in [0.05, 0.1) is 4.76 Å². The summed E-state index contributed by atoms with van der Waals surface area (Å²) in [6.07, 6.45) is 2.00. The SMILES string of the molecule is CC1(C)N([O-])C2=C(C(=O)C=CC2=O)[N+]1=O. The number of hydrogen-bond acceptors (Lipinski definition) is 5. The van der Waals surface area contributed by atoms with Crippen LogP contribution in [0.15, 0.2) is 23.5 Å². The Bertz CT molecular complexity index is 459. The molecule has 0 aromatic rings. The topological polar surface area (TPSA) is 80.5 Å². The lowest BCUT2D eigenvalue weighted by Crippen LogP contribution is -2.42. The van der Waals surface area contributed by atoms with E-state index in [2.05, 4.69) is 0 Å². The van der Waals surface area contributed by atoms with Crippen molar-refractivity contribution in [2.45, 2.75) is 19.5 Å². The minimum Gasteiger partial charge on any atom is -0.753 e. The predicted octanol–water partition coefficient (Wildman–Crippen LogP) is 0.234. The number of carbonyl (C=O) groups is 2. The molecule has 0 N–H and O–H groups in total. The molecular formula is C9H8N2O4. The van der Waals surface area contributed by atoms with Gasteiger partial charge < -0.3 is 10.3 Å². The van der Waals surface area contributed by atoms with Crippen molar-refractivity contribution >= 4 is 11.6 Å². The van der Waals surface area contributed by atoms with Crippen molar-refractivity contribution in [3.63, 3.8) is 0 Å². The zero-order valence-electron chi connectivity index (χ0n) is 8.18. The van der Waals surface area contributed by atoms with Gasteiger partial charge in [-0.25, -0.2) is 0 Å². The molecule has 78 valence electrons. The van der Waals surface area contributed by atoms with Crippen molar-refractivity contribution in [2.24, 2.45) is 0 Å². The van der Waals surface area contributed by atoms with Crippen LogP contribution in [0.4, 0.5) is 0 Å². The number of allylic oxidation sites excluding steroid dienone is 2. The molecule has 0 aromatic heterocycles. The largest absolute Gasteiger partial charge is 0.753 e. The molecule has 0 fully saturated rings. The molecule has 0 amide bonds. The summed E-state index contributed by atoms with van der Waals surface area (Å²) in [5.41, 5.74) is -2.16. The fourth-order valence-corrected chi connectivity index (χ4v) is 1.56. The highest BCUT2D eigenvalue weighted by atomic mass is 16.5. The molecule has 15 heavy (non-hydrogen) atoms. The summed E-state index contributed by atoms with van der Waals surface area (Å²) in [4.78, 5) is 34.4. The molecule has 0 spiro atoms. The van der Waals surface area contributed by atoms with Crippen molar-refractivity contribution < 1.29 is 14.3 Å². The Kier molecular flexibility index (Phi) is 1.69. The van der Waals surface area contributed by atoms with Gasteiger partial charge in [0.15, 0.2) is 5.70 Å². The van der Waals surface area contributed by atoms with Crippen LogP contribution >= 0.6 is 0 Å². The van der Waals surface area contributed by atoms with Crippen LogP contribution in [0.25, 0.3) is 0 Å². The zero-order valence-corrected chi connectivity index (χ0v) is 8.18. The summed E-state index contributed by atoms with van der Waals surface area (Å²) in [5, 5.41) is 11.9. The van der Waals surface area contributed by atoms with Gasteiger partial charge in [-0.1, -0.05) is 0 Å². The number of ketones is 2. The third kappa shape index (κ3) is 1.02. The van der Waals surface area contributed by atoms with Crippen LogP contribution in [0.1, 0.15) is 13.8 Å². The van der Waals surface area contributed by atoms with Gasteiger partial charge in [-0.3, -0.25) is 9.59 Å². The monoisotopic (exact) mass is 208 g/mol. The number of hydrogen-bond donors (Lipinski definition) is 0. The summed E-state index contributed by atoms with van der Waals surface area (Å²) in [6, 6.07) is 0. The van der Waals surface area contributed by atoms with E-state index in [0.29, 0.717) is 9.82 Å². The van der Waals surface area contributed by atoms with Crippen LogP contribution in [-0.2, 0) is 9.59 Å². The van der Waals surface area contributed by atoms with Crippen molar-refractivity contribution in [2.75, 3.05) is 0 Å². The quantitative estimate of drug-likeness (QED) is 0.420. The van der Waals surface area contributed by atoms with E-state index in [1.54, 1.807) is 0 Å². The minimum absolute atomic E-state index is 0.291. The van der Waals surface area contributed by atoms with Crippen LogP contribution in [0.3, 0.4) is 0 Å². The van der Waals surface area contributed by atoms with Gasteiger partial charge in [0.25, 0.3) is 11.4 Å². The summed E-state index contributed by atoms with van der Waals surface area (Å²) >= 11 is 0. The third-order valence-electron chi connectivity index (χ3n) is 2.48. The molecule has 2 aliphatic rings. The number of nitrogens with zero attached hydrogens (tertiary/aromatic N) is 2. The van der Waals surface area contributed by atoms with E-state index < -0.39 is 17.2 Å². The lowest BCUT2D eigenvalue weighted by atomic mass is 10.1. The highest BCUT2D eigenvalue weighted by Gasteiger charge is 2.55. The standard InChI is InChI=1S/C9H8N2O4/c1-9(2)10(14)7-5(12)3-4-6(13)8(7)11(9)15/h3-4H,1-2H3. The summed E-state index contributed by atoms with van der Waals surface area (Å²) < 4.78 is 0.291. The molecule has 0 radical (unpaired) electrons. The van der Waals surface area contributed by atoms with E-state index in [9.17, 15) is 19.7 Å². The maximum atomic E-state index is 11.6. The van der Waals surface area contributed by atoms with Crippen molar-refractivity contribution in [3.8, 4) is 0 Å². The third-order valence-corrected chi connectivity index (χ3v) is 2.48. The van der Waals surface area contributed by atoms with Crippen LogP contribution in [-0.4, -0.2) is 27.1 Å². The molecule has 1 aliphatic heterocycles. The first kappa shape index (κ1) is 9.72. The Morgan fingerprint density at radius 1 is 1.27 bits per heavy atom. The first-order valence-corrected chi connectivity index (χ1v) is 4.33. The molecular weight excluding hydrogens is 200 g/mol. The van der Waals surface area contributed by atoms with Crippen molar-refractivity contribution in [3.05, 3.63) is 33.7 Å². The van der Waals surface area contributed by atoms with Crippen LogP contribution in [0, 0.1) is 10.1 Å². The van der Waals surface area contributed by atoms with Crippen molar-refractivity contribution in [1.29, 1.82) is 0 Å². The van der Waals surface area contributed by atoms with E-state index in [-0.39, 0.29) is 11.4 Å². The fourth-order valence-electron chi connectivity index (χ4n) is 1.56. The normalized spacial score (nSPS) is 23.9. The van der Waals surface area contributed by atoms with E-state index in [1.165, 1.54) is 13.8 Å². The molecule has 0 bridgehead atoms. The lowest BCUT2D eigenvalue weighted by molar-refractivity contribution is -0.579. The van der Waals surface area contributed by atoms with E-state index in [4.69, 9.17) is 0 Å².